The molecule has 0 aliphatic heterocycles. The van der Waals surface area contributed by atoms with Crippen molar-refractivity contribution in [2.45, 2.75) is 32.2 Å². The van der Waals surface area contributed by atoms with E-state index in [9.17, 15) is 9.59 Å². The van der Waals surface area contributed by atoms with Crippen LogP contribution in [-0.4, -0.2) is 17.0 Å². The van der Waals surface area contributed by atoms with Crippen molar-refractivity contribution in [2.75, 3.05) is 0 Å². The van der Waals surface area contributed by atoms with Crippen molar-refractivity contribution in [3.8, 4) is 0 Å². The molecule has 1 aliphatic rings. The fourth-order valence-corrected chi connectivity index (χ4v) is 2.73. The normalized spacial score (nSPS) is 13.5. The molecule has 2 aromatic rings. The van der Waals surface area contributed by atoms with Gasteiger partial charge in [-0.15, -0.1) is 0 Å². The molecule has 0 saturated carbocycles. The quantitative estimate of drug-likeness (QED) is 0.909. The summed E-state index contributed by atoms with van der Waals surface area (Å²) in [6.45, 7) is 0.170. The number of amides is 1. The van der Waals surface area contributed by atoms with Crippen LogP contribution in [0.2, 0.25) is 0 Å². The highest BCUT2D eigenvalue weighted by atomic mass is 16.4. The van der Waals surface area contributed by atoms with E-state index in [1.807, 2.05) is 18.2 Å². The maximum Gasteiger partial charge on any atom is 0.371 e. The van der Waals surface area contributed by atoms with Crippen LogP contribution in [0.3, 0.4) is 0 Å². The van der Waals surface area contributed by atoms with E-state index < -0.39 is 5.97 Å². The van der Waals surface area contributed by atoms with E-state index in [1.54, 1.807) is 6.07 Å². The van der Waals surface area contributed by atoms with E-state index >= 15 is 0 Å². The van der Waals surface area contributed by atoms with Gasteiger partial charge in [0.2, 0.25) is 5.76 Å². The summed E-state index contributed by atoms with van der Waals surface area (Å²) < 4.78 is 5.11. The van der Waals surface area contributed by atoms with Gasteiger partial charge in [-0.3, -0.25) is 4.79 Å². The second kappa shape index (κ2) is 6.05. The molecule has 0 spiro atoms. The minimum atomic E-state index is -1.12. The van der Waals surface area contributed by atoms with E-state index in [1.165, 1.54) is 30.0 Å². The molecule has 5 nitrogen and oxygen atoms in total. The molecule has 1 aliphatic carbocycles. The summed E-state index contributed by atoms with van der Waals surface area (Å²) >= 11 is 0. The predicted octanol–water partition coefficient (Wildman–Crippen LogP) is 2.79. The Morgan fingerprint density at radius 1 is 1.09 bits per heavy atom. The lowest BCUT2D eigenvalue weighted by Gasteiger charge is -2.16. The molecule has 1 aromatic carbocycles. The molecule has 0 atom stereocenters. The van der Waals surface area contributed by atoms with Crippen LogP contribution < -0.4 is 5.32 Å². The highest BCUT2D eigenvalue weighted by Gasteiger charge is 2.14. The molecule has 1 aromatic heterocycles. The van der Waals surface area contributed by atoms with Crippen LogP contribution in [0, 0.1) is 0 Å². The average Bonchev–Trinajstić information content (AvgIpc) is 3.01. The largest absolute Gasteiger partial charge is 0.475 e. The Hall–Kier alpha value is -2.56. The third-order valence-electron chi connectivity index (χ3n) is 3.91. The lowest BCUT2D eigenvalue weighted by Crippen LogP contribution is -2.23. The zero-order valence-corrected chi connectivity index (χ0v) is 12.1. The summed E-state index contributed by atoms with van der Waals surface area (Å²) in [5.74, 6) is -1.00. The number of carbonyl (C=O) groups excluding carboxylic acids is 1. The Labute approximate surface area is 127 Å². The lowest BCUT2D eigenvalue weighted by molar-refractivity contribution is 0.0660. The molecule has 22 heavy (non-hydrogen) atoms. The molecule has 0 saturated heterocycles. The van der Waals surface area contributed by atoms with Crippen molar-refractivity contribution in [3.05, 3.63) is 58.5 Å². The molecule has 1 amide bonds. The number of benzene rings is 1. The number of carboxylic acid groups (broad SMARTS) is 1. The van der Waals surface area contributed by atoms with Gasteiger partial charge in [-0.1, -0.05) is 6.07 Å². The van der Waals surface area contributed by atoms with Crippen molar-refractivity contribution in [1.29, 1.82) is 0 Å². The van der Waals surface area contributed by atoms with Crippen LogP contribution in [0.5, 0.6) is 0 Å². The minimum absolute atomic E-state index is 0.127. The Morgan fingerprint density at radius 3 is 2.59 bits per heavy atom. The number of furan rings is 1. The molecule has 5 heteroatoms. The molecular weight excluding hydrogens is 282 g/mol. The van der Waals surface area contributed by atoms with E-state index in [4.69, 9.17) is 9.52 Å². The molecule has 0 bridgehead atoms. The van der Waals surface area contributed by atoms with Crippen LogP contribution >= 0.6 is 0 Å². The van der Waals surface area contributed by atoms with Crippen molar-refractivity contribution in [1.82, 2.24) is 5.32 Å². The zero-order valence-electron chi connectivity index (χ0n) is 12.1. The Bertz CT molecular complexity index is 717. The molecule has 0 unspecified atom stereocenters. The van der Waals surface area contributed by atoms with Gasteiger partial charge in [0.15, 0.2) is 0 Å². The number of hydrogen-bond acceptors (Lipinski definition) is 3. The lowest BCUT2D eigenvalue weighted by atomic mass is 9.90. The summed E-state index contributed by atoms with van der Waals surface area (Å²) in [5.41, 5.74) is 3.22. The van der Waals surface area contributed by atoms with Gasteiger partial charge >= 0.3 is 5.97 Å². The number of nitrogens with one attached hydrogen (secondary N) is 1. The third-order valence-corrected chi connectivity index (χ3v) is 3.91. The number of rotatable bonds is 4. The van der Waals surface area contributed by atoms with Gasteiger partial charge in [0, 0.05) is 5.56 Å². The summed E-state index contributed by atoms with van der Waals surface area (Å²) in [6, 6.07) is 8.75. The first kappa shape index (κ1) is 14.4. The number of carbonyl (C=O) groups is 2. The van der Waals surface area contributed by atoms with E-state index in [-0.39, 0.29) is 18.2 Å². The average molecular weight is 299 g/mol. The Morgan fingerprint density at radius 2 is 1.86 bits per heavy atom. The van der Waals surface area contributed by atoms with Crippen LogP contribution in [-0.2, 0) is 19.4 Å². The number of aromatic carboxylic acids is 1. The van der Waals surface area contributed by atoms with Crippen LogP contribution in [0.1, 0.15) is 50.6 Å². The van der Waals surface area contributed by atoms with Gasteiger partial charge in [-0.2, -0.15) is 0 Å². The maximum atomic E-state index is 12.2. The minimum Gasteiger partial charge on any atom is -0.475 e. The molecule has 1 heterocycles. The van der Waals surface area contributed by atoms with Gasteiger partial charge in [0.05, 0.1) is 6.54 Å². The van der Waals surface area contributed by atoms with Crippen molar-refractivity contribution < 1.29 is 19.1 Å². The number of aryl methyl sites for hydroxylation is 2. The standard InChI is InChI=1S/C17H17NO4/c19-16(18-10-14-7-8-15(22-14)17(20)21)13-6-5-11-3-1-2-4-12(11)9-13/h5-9H,1-4,10H2,(H,18,19)(H,20,21). The van der Waals surface area contributed by atoms with Crippen LogP contribution in [0.15, 0.2) is 34.7 Å². The molecule has 2 N–H and O–H groups in total. The molecule has 3 rings (SSSR count). The maximum absolute atomic E-state index is 12.2. The summed E-state index contributed by atoms with van der Waals surface area (Å²) in [6.07, 6.45) is 4.49. The molecule has 114 valence electrons. The van der Waals surface area contributed by atoms with Gasteiger partial charge < -0.3 is 14.8 Å². The van der Waals surface area contributed by atoms with Crippen molar-refractivity contribution >= 4 is 11.9 Å². The predicted molar refractivity (Wildman–Crippen MR) is 79.9 cm³/mol. The SMILES string of the molecule is O=C(NCc1ccc(C(=O)O)o1)c1ccc2c(c1)CCCC2. The first-order valence-corrected chi connectivity index (χ1v) is 7.35. The van der Waals surface area contributed by atoms with Gasteiger partial charge in [0.1, 0.15) is 5.76 Å². The molecular formula is C17H17NO4. The van der Waals surface area contributed by atoms with Crippen molar-refractivity contribution in [3.63, 3.8) is 0 Å². The monoisotopic (exact) mass is 299 g/mol. The van der Waals surface area contributed by atoms with E-state index in [2.05, 4.69) is 5.32 Å². The van der Waals surface area contributed by atoms with E-state index in [0.717, 1.165) is 12.8 Å². The van der Waals surface area contributed by atoms with E-state index in [0.29, 0.717) is 11.3 Å². The van der Waals surface area contributed by atoms with Gasteiger partial charge in [-0.05, 0) is 61.1 Å². The molecule has 0 radical (unpaired) electrons. The fraction of sp³-hybridized carbons (Fsp3) is 0.294. The number of hydrogen-bond donors (Lipinski definition) is 2. The summed E-state index contributed by atoms with van der Waals surface area (Å²) in [7, 11) is 0. The fourth-order valence-electron chi connectivity index (χ4n) is 2.73. The van der Waals surface area contributed by atoms with Crippen LogP contribution in [0.25, 0.3) is 0 Å². The van der Waals surface area contributed by atoms with Gasteiger partial charge in [-0.25, -0.2) is 4.79 Å². The third kappa shape index (κ3) is 3.03. The topological polar surface area (TPSA) is 79.5 Å². The Kier molecular flexibility index (Phi) is 3.96. The zero-order chi connectivity index (χ0) is 15.5. The second-order valence-corrected chi connectivity index (χ2v) is 5.44. The molecule has 0 fully saturated rings. The summed E-state index contributed by atoms with van der Waals surface area (Å²) in [4.78, 5) is 22.9. The highest BCUT2D eigenvalue weighted by Crippen LogP contribution is 2.22. The van der Waals surface area contributed by atoms with Gasteiger partial charge in [0.25, 0.3) is 5.91 Å². The number of carboxylic acids is 1. The highest BCUT2D eigenvalue weighted by molar-refractivity contribution is 5.94. The summed E-state index contributed by atoms with van der Waals surface area (Å²) in [5, 5.41) is 11.5. The Balaban J connectivity index is 1.65. The number of fused-ring (bicyclic) bond motifs is 1. The first-order valence-electron chi connectivity index (χ1n) is 7.35. The smallest absolute Gasteiger partial charge is 0.371 e. The first-order chi connectivity index (χ1) is 10.6. The second-order valence-electron chi connectivity index (χ2n) is 5.44. The van der Waals surface area contributed by atoms with Crippen LogP contribution in [0.4, 0.5) is 0 Å². The van der Waals surface area contributed by atoms with Crippen molar-refractivity contribution in [2.24, 2.45) is 0 Å².